The standard InChI is InChI=1S/C22H23BrF2N2O3/c23-18-9-3-1-6-15(18)11-12-26-20(28)16-7-5-13-27(14-16)21(29)17-8-2-4-10-19(17)30-22(24)25/h1-4,6,8-10,16,22H,5,7,11-14H2,(H,26,28). The first-order chi connectivity index (χ1) is 14.5. The minimum absolute atomic E-state index is 0.0767. The van der Waals surface area contributed by atoms with Gasteiger partial charge in [0, 0.05) is 24.1 Å². The first-order valence-electron chi connectivity index (χ1n) is 9.80. The lowest BCUT2D eigenvalue weighted by molar-refractivity contribution is -0.126. The molecule has 2 aromatic carbocycles. The molecule has 0 radical (unpaired) electrons. The Kier molecular flexibility index (Phi) is 7.79. The van der Waals surface area contributed by atoms with E-state index in [1.807, 2.05) is 24.3 Å². The monoisotopic (exact) mass is 480 g/mol. The first kappa shape index (κ1) is 22.2. The van der Waals surface area contributed by atoms with Crippen molar-refractivity contribution in [3.05, 3.63) is 64.1 Å². The predicted octanol–water partition coefficient (Wildman–Crippen LogP) is 4.26. The van der Waals surface area contributed by atoms with E-state index in [2.05, 4.69) is 26.0 Å². The van der Waals surface area contributed by atoms with Crippen LogP contribution in [0.15, 0.2) is 53.0 Å². The van der Waals surface area contributed by atoms with E-state index < -0.39 is 12.5 Å². The van der Waals surface area contributed by atoms with Gasteiger partial charge >= 0.3 is 6.61 Å². The molecule has 0 aromatic heterocycles. The van der Waals surface area contributed by atoms with E-state index in [1.54, 1.807) is 6.07 Å². The molecule has 2 amide bonds. The summed E-state index contributed by atoms with van der Waals surface area (Å²) in [6, 6.07) is 13.8. The van der Waals surface area contributed by atoms with Crippen LogP contribution in [0.3, 0.4) is 0 Å². The quantitative estimate of drug-likeness (QED) is 0.643. The average Bonchev–Trinajstić information content (AvgIpc) is 2.74. The highest BCUT2D eigenvalue weighted by molar-refractivity contribution is 9.10. The lowest BCUT2D eigenvalue weighted by Crippen LogP contribution is -2.45. The fraction of sp³-hybridized carbons (Fsp3) is 0.364. The molecule has 8 heteroatoms. The molecule has 1 atom stereocenters. The lowest BCUT2D eigenvalue weighted by Gasteiger charge is -2.32. The molecule has 30 heavy (non-hydrogen) atoms. The third-order valence-electron chi connectivity index (χ3n) is 5.06. The maximum Gasteiger partial charge on any atom is 0.387 e. The number of piperidine rings is 1. The number of carbonyl (C=O) groups is 2. The van der Waals surface area contributed by atoms with Gasteiger partial charge in [0.05, 0.1) is 11.5 Å². The van der Waals surface area contributed by atoms with E-state index in [4.69, 9.17) is 0 Å². The Morgan fingerprint density at radius 1 is 1.17 bits per heavy atom. The van der Waals surface area contributed by atoms with Crippen molar-refractivity contribution in [2.75, 3.05) is 19.6 Å². The molecule has 1 fully saturated rings. The van der Waals surface area contributed by atoms with Crippen LogP contribution in [0.25, 0.3) is 0 Å². The number of carbonyl (C=O) groups excluding carboxylic acids is 2. The Morgan fingerprint density at radius 3 is 2.67 bits per heavy atom. The molecule has 2 aromatic rings. The zero-order valence-corrected chi connectivity index (χ0v) is 17.9. The third-order valence-corrected chi connectivity index (χ3v) is 5.84. The van der Waals surface area contributed by atoms with Gasteiger partial charge in [-0.05, 0) is 43.0 Å². The van der Waals surface area contributed by atoms with Crippen LogP contribution in [-0.2, 0) is 11.2 Å². The predicted molar refractivity (Wildman–Crippen MR) is 113 cm³/mol. The highest BCUT2D eigenvalue weighted by atomic mass is 79.9. The fourth-order valence-corrected chi connectivity index (χ4v) is 4.04. The third kappa shape index (κ3) is 5.78. The van der Waals surface area contributed by atoms with Crippen molar-refractivity contribution in [2.24, 2.45) is 5.92 Å². The summed E-state index contributed by atoms with van der Waals surface area (Å²) < 4.78 is 30.7. The van der Waals surface area contributed by atoms with E-state index in [9.17, 15) is 18.4 Å². The van der Waals surface area contributed by atoms with Gasteiger partial charge in [-0.25, -0.2) is 0 Å². The molecule has 160 valence electrons. The molecule has 0 aliphatic carbocycles. The van der Waals surface area contributed by atoms with E-state index in [0.29, 0.717) is 32.4 Å². The summed E-state index contributed by atoms with van der Waals surface area (Å²) in [5.74, 6) is -0.990. The average molecular weight is 481 g/mol. The van der Waals surface area contributed by atoms with Crippen LogP contribution >= 0.6 is 15.9 Å². The molecule has 1 heterocycles. The van der Waals surface area contributed by atoms with Gasteiger partial charge in [-0.2, -0.15) is 8.78 Å². The Labute approximate surface area is 182 Å². The number of alkyl halides is 2. The normalized spacial score (nSPS) is 16.4. The first-order valence-corrected chi connectivity index (χ1v) is 10.6. The summed E-state index contributed by atoms with van der Waals surface area (Å²) in [6.07, 6.45) is 2.05. The fourth-order valence-electron chi connectivity index (χ4n) is 3.55. The van der Waals surface area contributed by atoms with Gasteiger partial charge in [-0.1, -0.05) is 46.3 Å². The molecule has 1 unspecified atom stereocenters. The van der Waals surface area contributed by atoms with Gasteiger partial charge in [0.25, 0.3) is 5.91 Å². The second-order valence-corrected chi connectivity index (χ2v) is 7.95. The molecule has 0 saturated carbocycles. The Morgan fingerprint density at radius 2 is 1.90 bits per heavy atom. The number of hydrogen-bond acceptors (Lipinski definition) is 3. The number of nitrogens with one attached hydrogen (secondary N) is 1. The number of halogens is 3. The van der Waals surface area contributed by atoms with E-state index in [-0.39, 0.29) is 29.7 Å². The summed E-state index contributed by atoms with van der Waals surface area (Å²) in [5, 5.41) is 2.94. The highest BCUT2D eigenvalue weighted by Crippen LogP contribution is 2.25. The summed E-state index contributed by atoms with van der Waals surface area (Å²) in [6.45, 7) is -1.79. The van der Waals surface area contributed by atoms with Crippen molar-refractivity contribution >= 4 is 27.7 Å². The van der Waals surface area contributed by atoms with Crippen LogP contribution in [0.4, 0.5) is 8.78 Å². The number of ether oxygens (including phenoxy) is 1. The van der Waals surface area contributed by atoms with Crippen molar-refractivity contribution in [3.8, 4) is 5.75 Å². The molecular formula is C22H23BrF2N2O3. The highest BCUT2D eigenvalue weighted by Gasteiger charge is 2.30. The van der Waals surface area contributed by atoms with Crippen LogP contribution in [-0.4, -0.2) is 43.0 Å². The number of nitrogens with zero attached hydrogens (tertiary/aromatic N) is 1. The summed E-state index contributed by atoms with van der Waals surface area (Å²) in [5.41, 5.74) is 1.18. The zero-order chi connectivity index (χ0) is 21.5. The van der Waals surface area contributed by atoms with Crippen molar-refractivity contribution in [3.63, 3.8) is 0 Å². The van der Waals surface area contributed by atoms with Gasteiger partial charge in [-0.3, -0.25) is 9.59 Å². The van der Waals surface area contributed by atoms with Crippen molar-refractivity contribution in [1.82, 2.24) is 10.2 Å². The second kappa shape index (κ2) is 10.5. The Bertz CT molecular complexity index is 894. The largest absolute Gasteiger partial charge is 0.434 e. The van der Waals surface area contributed by atoms with Gasteiger partial charge < -0.3 is 15.0 Å². The molecule has 1 aliphatic heterocycles. The maximum absolute atomic E-state index is 12.9. The van der Waals surface area contributed by atoms with Crippen LogP contribution in [0.1, 0.15) is 28.8 Å². The molecule has 3 rings (SSSR count). The van der Waals surface area contributed by atoms with Gasteiger partial charge in [-0.15, -0.1) is 0 Å². The molecular weight excluding hydrogens is 458 g/mol. The number of para-hydroxylation sites is 1. The topological polar surface area (TPSA) is 58.6 Å². The molecule has 0 bridgehead atoms. The lowest BCUT2D eigenvalue weighted by atomic mass is 9.96. The van der Waals surface area contributed by atoms with E-state index in [0.717, 1.165) is 10.0 Å². The molecule has 1 aliphatic rings. The smallest absolute Gasteiger partial charge is 0.387 e. The van der Waals surface area contributed by atoms with E-state index >= 15 is 0 Å². The molecule has 5 nitrogen and oxygen atoms in total. The maximum atomic E-state index is 12.9. The number of benzene rings is 2. The van der Waals surface area contributed by atoms with Gasteiger partial charge in [0.1, 0.15) is 5.75 Å². The van der Waals surface area contributed by atoms with Gasteiger partial charge in [0.2, 0.25) is 5.91 Å². The number of hydrogen-bond donors (Lipinski definition) is 1. The Hall–Kier alpha value is -2.48. The van der Waals surface area contributed by atoms with Crippen molar-refractivity contribution in [2.45, 2.75) is 25.9 Å². The number of amides is 2. The van der Waals surface area contributed by atoms with Crippen molar-refractivity contribution < 1.29 is 23.1 Å². The molecule has 1 saturated heterocycles. The summed E-state index contributed by atoms with van der Waals surface area (Å²) in [4.78, 5) is 27.0. The number of rotatable bonds is 7. The summed E-state index contributed by atoms with van der Waals surface area (Å²) >= 11 is 3.49. The van der Waals surface area contributed by atoms with Crippen LogP contribution in [0.2, 0.25) is 0 Å². The number of likely N-dealkylation sites (tertiary alicyclic amines) is 1. The molecule has 1 N–H and O–H groups in total. The van der Waals surface area contributed by atoms with Crippen LogP contribution < -0.4 is 10.1 Å². The van der Waals surface area contributed by atoms with Crippen LogP contribution in [0.5, 0.6) is 5.75 Å². The Balaban J connectivity index is 1.58. The SMILES string of the molecule is O=C(NCCc1ccccc1Br)C1CCCN(C(=O)c2ccccc2OC(F)F)C1. The van der Waals surface area contributed by atoms with Gasteiger partial charge in [0.15, 0.2) is 0 Å². The summed E-state index contributed by atoms with van der Waals surface area (Å²) in [7, 11) is 0. The van der Waals surface area contributed by atoms with E-state index in [1.165, 1.54) is 23.1 Å². The molecule has 0 spiro atoms. The minimum Gasteiger partial charge on any atom is -0.434 e. The second-order valence-electron chi connectivity index (χ2n) is 7.10. The van der Waals surface area contributed by atoms with Crippen LogP contribution in [0, 0.1) is 5.92 Å². The van der Waals surface area contributed by atoms with Crippen molar-refractivity contribution in [1.29, 1.82) is 0 Å². The zero-order valence-electron chi connectivity index (χ0n) is 16.3. The minimum atomic E-state index is -3.01.